The maximum absolute atomic E-state index is 13.4. The highest BCUT2D eigenvalue weighted by Crippen LogP contribution is 2.24. The summed E-state index contributed by atoms with van der Waals surface area (Å²) in [4.78, 5) is 17.4. The number of aromatic nitrogens is 3. The number of halogens is 1. The number of ether oxygens (including phenoxy) is 1. The number of amides is 1. The molecule has 1 aromatic heterocycles. The van der Waals surface area contributed by atoms with Crippen LogP contribution in [-0.4, -0.2) is 20.7 Å². The van der Waals surface area contributed by atoms with E-state index in [1.54, 1.807) is 36.4 Å². The molecule has 0 spiro atoms. The van der Waals surface area contributed by atoms with Gasteiger partial charge in [0.1, 0.15) is 17.3 Å². The molecular formula is C27H19FN4O2. The van der Waals surface area contributed by atoms with E-state index >= 15 is 0 Å². The molecule has 5 aromatic rings. The molecule has 0 fully saturated rings. The fraction of sp³-hybridized carbons (Fsp3) is 0. The van der Waals surface area contributed by atoms with Crippen LogP contribution in [0.3, 0.4) is 0 Å². The van der Waals surface area contributed by atoms with Gasteiger partial charge in [0, 0.05) is 11.3 Å². The Kier molecular flexibility index (Phi) is 5.82. The van der Waals surface area contributed by atoms with Crippen LogP contribution in [0.5, 0.6) is 11.5 Å². The third-order valence-corrected chi connectivity index (χ3v) is 5.00. The van der Waals surface area contributed by atoms with Crippen LogP contribution in [0.4, 0.5) is 10.1 Å². The van der Waals surface area contributed by atoms with Crippen molar-refractivity contribution in [3.8, 4) is 28.6 Å². The monoisotopic (exact) mass is 450 g/mol. The molecule has 0 bridgehead atoms. The number of hydrogen-bond acceptors (Lipinski definition) is 4. The van der Waals surface area contributed by atoms with Crippen molar-refractivity contribution in [2.45, 2.75) is 0 Å². The average molecular weight is 450 g/mol. The Labute approximate surface area is 195 Å². The maximum atomic E-state index is 13.4. The largest absolute Gasteiger partial charge is 0.457 e. The summed E-state index contributed by atoms with van der Waals surface area (Å²) in [6, 6.07) is 31.7. The van der Waals surface area contributed by atoms with Gasteiger partial charge in [0.05, 0.1) is 5.69 Å². The molecule has 166 valence electrons. The molecule has 1 N–H and O–H groups in total. The number of benzene rings is 4. The van der Waals surface area contributed by atoms with Gasteiger partial charge in [0.2, 0.25) is 5.82 Å². The minimum Gasteiger partial charge on any atom is -0.457 e. The fourth-order valence-corrected chi connectivity index (χ4v) is 3.36. The van der Waals surface area contributed by atoms with E-state index in [1.165, 1.54) is 16.8 Å². The van der Waals surface area contributed by atoms with Gasteiger partial charge in [0.15, 0.2) is 5.82 Å². The molecule has 1 amide bonds. The number of rotatable bonds is 6. The van der Waals surface area contributed by atoms with Crippen LogP contribution in [0.2, 0.25) is 0 Å². The summed E-state index contributed by atoms with van der Waals surface area (Å²) in [6.07, 6.45) is 0. The molecule has 0 saturated heterocycles. The van der Waals surface area contributed by atoms with Crippen LogP contribution >= 0.6 is 0 Å². The zero-order chi connectivity index (χ0) is 23.3. The molecule has 0 aliphatic carbocycles. The highest BCUT2D eigenvalue weighted by Gasteiger charge is 2.19. The number of para-hydroxylation sites is 1. The number of hydrogen-bond donors (Lipinski definition) is 1. The van der Waals surface area contributed by atoms with E-state index in [1.807, 2.05) is 60.7 Å². The predicted molar refractivity (Wildman–Crippen MR) is 128 cm³/mol. The van der Waals surface area contributed by atoms with Crippen LogP contribution in [0.15, 0.2) is 109 Å². The average Bonchev–Trinajstić information content (AvgIpc) is 3.33. The Morgan fingerprint density at radius 3 is 2.06 bits per heavy atom. The highest BCUT2D eigenvalue weighted by atomic mass is 19.1. The lowest BCUT2D eigenvalue weighted by Gasteiger charge is -2.07. The number of carbonyl (C=O) groups is 1. The van der Waals surface area contributed by atoms with Crippen molar-refractivity contribution in [2.75, 3.05) is 5.32 Å². The Balaban J connectivity index is 1.39. The number of nitrogens with zero attached hydrogens (tertiary/aromatic N) is 3. The molecule has 6 nitrogen and oxygen atoms in total. The normalized spacial score (nSPS) is 10.6. The molecule has 4 aromatic carbocycles. The van der Waals surface area contributed by atoms with Gasteiger partial charge < -0.3 is 10.1 Å². The number of anilines is 1. The molecule has 0 saturated carbocycles. The van der Waals surface area contributed by atoms with Gasteiger partial charge in [-0.2, -0.15) is 0 Å². The quantitative estimate of drug-likeness (QED) is 0.338. The third kappa shape index (κ3) is 4.68. The second kappa shape index (κ2) is 9.38. The lowest BCUT2D eigenvalue weighted by Crippen LogP contribution is -2.14. The van der Waals surface area contributed by atoms with Gasteiger partial charge in [-0.1, -0.05) is 48.5 Å². The van der Waals surface area contributed by atoms with Gasteiger partial charge in [0.25, 0.3) is 5.91 Å². The standard InChI is InChI=1S/C27H19FN4O2/c28-20-11-15-22(16-12-20)32-26(19-7-3-1-4-8-19)30-25(31-32)27(33)29-21-13-17-24(18-14-21)34-23-9-5-2-6-10-23/h1-18H,(H,29,33). The van der Waals surface area contributed by atoms with Crippen LogP contribution in [0.1, 0.15) is 10.6 Å². The summed E-state index contributed by atoms with van der Waals surface area (Å²) in [6.45, 7) is 0. The Hall–Kier alpha value is -4.78. The molecule has 0 atom stereocenters. The van der Waals surface area contributed by atoms with E-state index in [-0.39, 0.29) is 11.6 Å². The van der Waals surface area contributed by atoms with Crippen molar-refractivity contribution in [1.82, 2.24) is 14.8 Å². The second-order valence-corrected chi connectivity index (χ2v) is 7.41. The summed E-state index contributed by atoms with van der Waals surface area (Å²) in [5.74, 6) is 1.02. The van der Waals surface area contributed by atoms with Crippen molar-refractivity contribution in [2.24, 2.45) is 0 Å². The van der Waals surface area contributed by atoms with Gasteiger partial charge >= 0.3 is 0 Å². The van der Waals surface area contributed by atoms with E-state index in [4.69, 9.17) is 4.74 Å². The molecule has 1 heterocycles. The SMILES string of the molecule is O=C(Nc1ccc(Oc2ccccc2)cc1)c1nc(-c2ccccc2)n(-c2ccc(F)cc2)n1. The number of nitrogens with one attached hydrogen (secondary N) is 1. The maximum Gasteiger partial charge on any atom is 0.295 e. The summed E-state index contributed by atoms with van der Waals surface area (Å²) >= 11 is 0. The van der Waals surface area contributed by atoms with Crippen LogP contribution < -0.4 is 10.1 Å². The summed E-state index contributed by atoms with van der Waals surface area (Å²) < 4.78 is 20.7. The zero-order valence-electron chi connectivity index (χ0n) is 17.9. The summed E-state index contributed by atoms with van der Waals surface area (Å²) in [5.41, 5.74) is 1.94. The molecule has 0 aliphatic rings. The number of carbonyl (C=O) groups excluding carboxylic acids is 1. The molecule has 0 unspecified atom stereocenters. The summed E-state index contributed by atoms with van der Waals surface area (Å²) in [5, 5.41) is 7.21. The van der Waals surface area contributed by atoms with E-state index in [0.29, 0.717) is 22.9 Å². The first-order chi connectivity index (χ1) is 16.7. The molecular weight excluding hydrogens is 431 g/mol. The molecule has 7 heteroatoms. The van der Waals surface area contributed by atoms with Crippen molar-refractivity contribution in [1.29, 1.82) is 0 Å². The first kappa shape index (κ1) is 21.1. The van der Waals surface area contributed by atoms with Gasteiger partial charge in [-0.05, 0) is 60.7 Å². The molecule has 34 heavy (non-hydrogen) atoms. The Morgan fingerprint density at radius 2 is 1.38 bits per heavy atom. The van der Waals surface area contributed by atoms with E-state index in [2.05, 4.69) is 15.4 Å². The Morgan fingerprint density at radius 1 is 0.765 bits per heavy atom. The van der Waals surface area contributed by atoms with Crippen molar-refractivity contribution < 1.29 is 13.9 Å². The summed E-state index contributed by atoms with van der Waals surface area (Å²) in [7, 11) is 0. The smallest absolute Gasteiger partial charge is 0.295 e. The predicted octanol–water partition coefficient (Wildman–Crippen LogP) is 6.12. The fourth-order valence-electron chi connectivity index (χ4n) is 3.36. The first-order valence-electron chi connectivity index (χ1n) is 10.6. The minimum absolute atomic E-state index is 0.00668. The molecule has 5 rings (SSSR count). The zero-order valence-corrected chi connectivity index (χ0v) is 17.9. The molecule has 0 radical (unpaired) electrons. The minimum atomic E-state index is -0.463. The van der Waals surface area contributed by atoms with Crippen molar-refractivity contribution >= 4 is 11.6 Å². The lowest BCUT2D eigenvalue weighted by molar-refractivity contribution is 0.101. The van der Waals surface area contributed by atoms with Crippen molar-refractivity contribution in [3.05, 3.63) is 121 Å². The van der Waals surface area contributed by atoms with Crippen LogP contribution in [0, 0.1) is 5.82 Å². The van der Waals surface area contributed by atoms with Crippen LogP contribution in [0.25, 0.3) is 17.1 Å². The second-order valence-electron chi connectivity index (χ2n) is 7.41. The van der Waals surface area contributed by atoms with Crippen molar-refractivity contribution in [3.63, 3.8) is 0 Å². The van der Waals surface area contributed by atoms with Gasteiger partial charge in [-0.25, -0.2) is 14.1 Å². The highest BCUT2D eigenvalue weighted by molar-refractivity contribution is 6.01. The van der Waals surface area contributed by atoms with E-state index < -0.39 is 5.91 Å². The lowest BCUT2D eigenvalue weighted by atomic mass is 10.2. The van der Waals surface area contributed by atoms with Gasteiger partial charge in [-0.15, -0.1) is 5.10 Å². The third-order valence-electron chi connectivity index (χ3n) is 5.00. The topological polar surface area (TPSA) is 69.0 Å². The van der Waals surface area contributed by atoms with Gasteiger partial charge in [-0.3, -0.25) is 4.79 Å². The Bertz CT molecular complexity index is 1400. The van der Waals surface area contributed by atoms with E-state index in [0.717, 1.165) is 11.3 Å². The van der Waals surface area contributed by atoms with Crippen LogP contribution in [-0.2, 0) is 0 Å². The molecule has 0 aliphatic heterocycles. The van der Waals surface area contributed by atoms with E-state index in [9.17, 15) is 9.18 Å². The first-order valence-corrected chi connectivity index (χ1v) is 10.6.